The van der Waals surface area contributed by atoms with Crippen molar-refractivity contribution in [1.82, 2.24) is 4.98 Å². The summed E-state index contributed by atoms with van der Waals surface area (Å²) in [6.45, 7) is 1.56. The van der Waals surface area contributed by atoms with Crippen LogP contribution in [0, 0.1) is 6.92 Å². The van der Waals surface area contributed by atoms with Crippen molar-refractivity contribution < 1.29 is 14.3 Å². The van der Waals surface area contributed by atoms with Crippen LogP contribution in [0.2, 0.25) is 0 Å². The molecule has 0 saturated carbocycles. The lowest BCUT2D eigenvalue weighted by Gasteiger charge is -2.04. The van der Waals surface area contributed by atoms with E-state index in [2.05, 4.69) is 10.3 Å². The topological polar surface area (TPSA) is 68.3 Å². The van der Waals surface area contributed by atoms with E-state index in [1.54, 1.807) is 36.5 Å². The fraction of sp³-hybridized carbons (Fsp3) is 0.154. The fourth-order valence-corrected chi connectivity index (χ4v) is 2.04. The Hall–Kier alpha value is -2.21. The van der Waals surface area contributed by atoms with Crippen LogP contribution in [0.1, 0.15) is 15.2 Å². The molecule has 0 fully saturated rings. The Balaban J connectivity index is 1.82. The summed E-state index contributed by atoms with van der Waals surface area (Å²) < 4.78 is 4.89. The Labute approximate surface area is 114 Å². The number of anilines is 1. The zero-order chi connectivity index (χ0) is 13.7. The van der Waals surface area contributed by atoms with Gasteiger partial charge in [-0.05, 0) is 19.1 Å². The van der Waals surface area contributed by atoms with E-state index in [4.69, 9.17) is 4.74 Å². The third-order valence-electron chi connectivity index (χ3n) is 2.21. The summed E-state index contributed by atoms with van der Waals surface area (Å²) in [5.74, 6) is -0.926. The Morgan fingerprint density at radius 1 is 1.32 bits per heavy atom. The summed E-state index contributed by atoms with van der Waals surface area (Å²) in [6.07, 6.45) is 1.66. The molecule has 6 heteroatoms. The predicted octanol–water partition coefficient (Wildman–Crippen LogP) is 2.25. The number of hydrogen-bond donors (Lipinski definition) is 1. The Bertz CT molecular complexity index is 581. The lowest BCUT2D eigenvalue weighted by Crippen LogP contribution is -2.20. The number of carbonyl (C=O) groups excluding carboxylic acids is 2. The summed E-state index contributed by atoms with van der Waals surface area (Å²) in [4.78, 5) is 28.1. The highest BCUT2D eigenvalue weighted by Crippen LogP contribution is 2.16. The maximum absolute atomic E-state index is 11.6. The predicted molar refractivity (Wildman–Crippen MR) is 72.2 cm³/mol. The molecular weight excluding hydrogens is 264 g/mol. The van der Waals surface area contributed by atoms with Crippen LogP contribution in [0.25, 0.3) is 0 Å². The number of aromatic nitrogens is 1. The standard InChI is InChI=1S/C13H12N2O3S/c1-9-7-14-13(19-9)15-11(16)8-18-12(17)10-5-3-2-4-6-10/h2-7H,8H2,1H3,(H,14,15,16). The van der Waals surface area contributed by atoms with Gasteiger partial charge in [0.05, 0.1) is 5.56 Å². The number of esters is 1. The molecule has 0 saturated heterocycles. The highest BCUT2D eigenvalue weighted by Gasteiger charge is 2.10. The van der Waals surface area contributed by atoms with Crippen molar-refractivity contribution in [2.75, 3.05) is 11.9 Å². The molecule has 0 aliphatic carbocycles. The number of amides is 1. The molecule has 0 radical (unpaired) electrons. The molecule has 1 aromatic heterocycles. The lowest BCUT2D eigenvalue weighted by molar-refractivity contribution is -0.119. The summed E-state index contributed by atoms with van der Waals surface area (Å²) in [7, 11) is 0. The van der Waals surface area contributed by atoms with Crippen LogP contribution in [0.4, 0.5) is 5.13 Å². The molecule has 0 aliphatic heterocycles. The van der Waals surface area contributed by atoms with Gasteiger partial charge in [0.1, 0.15) is 0 Å². The maximum atomic E-state index is 11.6. The highest BCUT2D eigenvalue weighted by molar-refractivity contribution is 7.15. The molecule has 98 valence electrons. The molecule has 2 rings (SSSR count). The second-order valence-electron chi connectivity index (χ2n) is 3.77. The number of carbonyl (C=O) groups is 2. The van der Waals surface area contributed by atoms with Crippen LogP contribution >= 0.6 is 11.3 Å². The average molecular weight is 276 g/mol. The van der Waals surface area contributed by atoms with Crippen molar-refractivity contribution >= 4 is 28.3 Å². The molecule has 2 aromatic rings. The first kappa shape index (κ1) is 13.2. The number of nitrogens with zero attached hydrogens (tertiary/aromatic N) is 1. The minimum Gasteiger partial charge on any atom is -0.452 e. The average Bonchev–Trinajstić information content (AvgIpc) is 2.82. The number of benzene rings is 1. The van der Waals surface area contributed by atoms with Crippen LogP contribution in [0.3, 0.4) is 0 Å². The van der Waals surface area contributed by atoms with E-state index in [0.29, 0.717) is 10.7 Å². The van der Waals surface area contributed by atoms with Gasteiger partial charge in [0.2, 0.25) is 0 Å². The second kappa shape index (κ2) is 6.10. The normalized spacial score (nSPS) is 9.95. The summed E-state index contributed by atoms with van der Waals surface area (Å²) in [6, 6.07) is 8.52. The van der Waals surface area contributed by atoms with Gasteiger partial charge in [-0.3, -0.25) is 10.1 Å². The van der Waals surface area contributed by atoms with Crippen molar-refractivity contribution in [1.29, 1.82) is 0 Å². The van der Waals surface area contributed by atoms with Crippen molar-refractivity contribution in [3.63, 3.8) is 0 Å². The zero-order valence-electron chi connectivity index (χ0n) is 10.3. The Morgan fingerprint density at radius 2 is 2.05 bits per heavy atom. The van der Waals surface area contributed by atoms with Crippen LogP contribution in [-0.2, 0) is 9.53 Å². The van der Waals surface area contributed by atoms with Gasteiger partial charge in [-0.15, -0.1) is 11.3 Å². The number of hydrogen-bond acceptors (Lipinski definition) is 5. The number of nitrogens with one attached hydrogen (secondary N) is 1. The Kier molecular flexibility index (Phi) is 4.25. The number of ether oxygens (including phenoxy) is 1. The van der Waals surface area contributed by atoms with Crippen molar-refractivity contribution in [3.8, 4) is 0 Å². The van der Waals surface area contributed by atoms with Crippen molar-refractivity contribution in [2.45, 2.75) is 6.92 Å². The van der Waals surface area contributed by atoms with Gasteiger partial charge >= 0.3 is 5.97 Å². The van der Waals surface area contributed by atoms with Crippen molar-refractivity contribution in [3.05, 3.63) is 47.0 Å². The SMILES string of the molecule is Cc1cnc(NC(=O)COC(=O)c2ccccc2)s1. The van der Waals surface area contributed by atoms with Crippen LogP contribution in [0.15, 0.2) is 36.5 Å². The molecule has 0 unspecified atom stereocenters. The fourth-order valence-electron chi connectivity index (χ4n) is 1.36. The first-order chi connectivity index (χ1) is 9.15. The molecule has 0 atom stereocenters. The molecule has 0 spiro atoms. The monoisotopic (exact) mass is 276 g/mol. The second-order valence-corrected chi connectivity index (χ2v) is 5.00. The van der Waals surface area contributed by atoms with Gasteiger partial charge in [0.15, 0.2) is 11.7 Å². The molecule has 19 heavy (non-hydrogen) atoms. The van der Waals surface area contributed by atoms with Gasteiger partial charge in [-0.1, -0.05) is 18.2 Å². The number of aryl methyl sites for hydroxylation is 1. The van der Waals surface area contributed by atoms with Gasteiger partial charge in [0, 0.05) is 11.1 Å². The van der Waals surface area contributed by atoms with Crippen LogP contribution in [-0.4, -0.2) is 23.5 Å². The van der Waals surface area contributed by atoms with Gasteiger partial charge in [-0.2, -0.15) is 0 Å². The third kappa shape index (κ3) is 3.89. The summed E-state index contributed by atoms with van der Waals surface area (Å²) in [5, 5.41) is 3.06. The summed E-state index contributed by atoms with van der Waals surface area (Å²) in [5.41, 5.74) is 0.417. The Morgan fingerprint density at radius 3 is 2.68 bits per heavy atom. The molecule has 1 aromatic carbocycles. The molecule has 5 nitrogen and oxygen atoms in total. The van der Waals surface area contributed by atoms with E-state index >= 15 is 0 Å². The van der Waals surface area contributed by atoms with Gasteiger partial charge in [0.25, 0.3) is 5.91 Å². The molecule has 1 amide bonds. The molecule has 1 N–H and O–H groups in total. The minimum atomic E-state index is -0.522. The minimum absolute atomic E-state index is 0.327. The van der Waals surface area contributed by atoms with Gasteiger partial charge in [-0.25, -0.2) is 9.78 Å². The highest BCUT2D eigenvalue weighted by atomic mass is 32.1. The molecule has 0 bridgehead atoms. The summed E-state index contributed by atoms with van der Waals surface area (Å²) >= 11 is 1.36. The smallest absolute Gasteiger partial charge is 0.338 e. The van der Waals surface area contributed by atoms with E-state index in [1.807, 2.05) is 6.92 Å². The first-order valence-electron chi connectivity index (χ1n) is 5.59. The van der Waals surface area contributed by atoms with E-state index in [0.717, 1.165) is 4.88 Å². The quantitative estimate of drug-likeness (QED) is 0.870. The third-order valence-corrected chi connectivity index (χ3v) is 3.04. The molecule has 1 heterocycles. The van der Waals surface area contributed by atoms with Crippen LogP contribution < -0.4 is 5.32 Å². The van der Waals surface area contributed by atoms with E-state index < -0.39 is 11.9 Å². The molecule has 0 aliphatic rings. The number of rotatable bonds is 4. The van der Waals surface area contributed by atoms with E-state index in [-0.39, 0.29) is 6.61 Å². The van der Waals surface area contributed by atoms with E-state index in [1.165, 1.54) is 11.3 Å². The van der Waals surface area contributed by atoms with E-state index in [9.17, 15) is 9.59 Å². The lowest BCUT2D eigenvalue weighted by atomic mass is 10.2. The van der Waals surface area contributed by atoms with Crippen LogP contribution in [0.5, 0.6) is 0 Å². The van der Waals surface area contributed by atoms with Gasteiger partial charge < -0.3 is 4.74 Å². The van der Waals surface area contributed by atoms with Crippen molar-refractivity contribution in [2.24, 2.45) is 0 Å². The maximum Gasteiger partial charge on any atom is 0.338 e. The number of thiazole rings is 1. The largest absolute Gasteiger partial charge is 0.452 e. The zero-order valence-corrected chi connectivity index (χ0v) is 11.1. The first-order valence-corrected chi connectivity index (χ1v) is 6.41. The molecular formula is C13H12N2O3S.